The molecule has 10 heteroatoms. The lowest BCUT2D eigenvalue weighted by molar-refractivity contribution is -0.139. The molecule has 0 radical (unpaired) electrons. The van der Waals surface area contributed by atoms with Crippen molar-refractivity contribution in [2.75, 3.05) is 0 Å². The fraction of sp³-hybridized carbons (Fsp3) is 0.0769. The minimum atomic E-state index is -4.70. The summed E-state index contributed by atoms with van der Waals surface area (Å²) in [5.74, 6) is -1.28. The predicted octanol–water partition coefficient (Wildman–Crippen LogP) is 6.17. The van der Waals surface area contributed by atoms with Crippen LogP contribution in [0, 0.1) is 5.82 Å². The number of hydrogen-bond donors (Lipinski definition) is 1. The highest BCUT2D eigenvalue weighted by atomic mass is 32.2. The number of pyridine rings is 1. The van der Waals surface area contributed by atoms with Crippen LogP contribution in [0.15, 0.2) is 96.6 Å². The molecule has 36 heavy (non-hydrogen) atoms. The second kappa shape index (κ2) is 8.87. The molecular formula is C26H15F4NO4S. The van der Waals surface area contributed by atoms with Gasteiger partial charge in [0.05, 0.1) is 17.6 Å². The van der Waals surface area contributed by atoms with E-state index in [9.17, 15) is 32.3 Å². The third-order valence-electron chi connectivity index (χ3n) is 5.59. The van der Waals surface area contributed by atoms with Gasteiger partial charge in [-0.2, -0.15) is 13.2 Å². The van der Waals surface area contributed by atoms with Crippen LogP contribution in [0.5, 0.6) is 5.75 Å². The Hall–Kier alpha value is -4.05. The number of nitrogens with zero attached hydrogens (tertiary/aromatic N) is 1. The highest BCUT2D eigenvalue weighted by molar-refractivity contribution is 7.99. The van der Waals surface area contributed by atoms with Crippen LogP contribution in [0.1, 0.15) is 11.1 Å². The van der Waals surface area contributed by atoms with Crippen molar-refractivity contribution in [3.05, 3.63) is 111 Å². The van der Waals surface area contributed by atoms with Gasteiger partial charge < -0.3 is 14.1 Å². The monoisotopic (exact) mass is 513 g/mol. The molecule has 1 N–H and O–H groups in total. The molecule has 5 nitrogen and oxygen atoms in total. The van der Waals surface area contributed by atoms with E-state index in [0.717, 1.165) is 12.1 Å². The van der Waals surface area contributed by atoms with Crippen molar-refractivity contribution in [2.45, 2.75) is 22.5 Å². The summed E-state index contributed by atoms with van der Waals surface area (Å²) < 4.78 is 60.9. The van der Waals surface area contributed by atoms with Crippen molar-refractivity contribution in [2.24, 2.45) is 0 Å². The van der Waals surface area contributed by atoms with Gasteiger partial charge in [-0.25, -0.2) is 9.18 Å². The number of benzene rings is 3. The van der Waals surface area contributed by atoms with Crippen LogP contribution in [0.2, 0.25) is 0 Å². The minimum Gasteiger partial charge on any atom is -0.505 e. The smallest absolute Gasteiger partial charge is 0.417 e. The van der Waals surface area contributed by atoms with Gasteiger partial charge in [-0.15, -0.1) is 0 Å². The highest BCUT2D eigenvalue weighted by Gasteiger charge is 2.34. The molecule has 0 saturated heterocycles. The van der Waals surface area contributed by atoms with E-state index in [1.165, 1.54) is 34.9 Å². The van der Waals surface area contributed by atoms with Gasteiger partial charge in [-0.1, -0.05) is 48.2 Å². The molecule has 0 aliphatic carbocycles. The van der Waals surface area contributed by atoms with Crippen LogP contribution >= 0.6 is 11.8 Å². The Bertz CT molecular complexity index is 1760. The van der Waals surface area contributed by atoms with Gasteiger partial charge in [0, 0.05) is 10.3 Å². The first-order chi connectivity index (χ1) is 17.1. The molecule has 0 aliphatic rings. The van der Waals surface area contributed by atoms with Crippen molar-refractivity contribution >= 4 is 33.6 Å². The fourth-order valence-corrected chi connectivity index (χ4v) is 4.99. The maximum absolute atomic E-state index is 13.8. The molecule has 5 rings (SSSR count). The van der Waals surface area contributed by atoms with Gasteiger partial charge >= 0.3 is 11.8 Å². The zero-order valence-corrected chi connectivity index (χ0v) is 19.0. The lowest BCUT2D eigenvalue weighted by Crippen LogP contribution is -2.23. The Balaban J connectivity index is 1.77. The van der Waals surface area contributed by atoms with Crippen LogP contribution in [-0.4, -0.2) is 9.67 Å². The zero-order chi connectivity index (χ0) is 25.6. The summed E-state index contributed by atoms with van der Waals surface area (Å²) in [6, 6.07) is 16.7. The first-order valence-electron chi connectivity index (χ1n) is 10.5. The van der Waals surface area contributed by atoms with E-state index in [1.807, 2.05) is 0 Å². The fourth-order valence-electron chi connectivity index (χ4n) is 4.01. The maximum Gasteiger partial charge on any atom is 0.417 e. The number of fused-ring (bicyclic) bond motifs is 3. The van der Waals surface area contributed by atoms with Crippen LogP contribution in [0.4, 0.5) is 17.6 Å². The van der Waals surface area contributed by atoms with E-state index in [1.54, 1.807) is 30.3 Å². The number of hydrogen-bond acceptors (Lipinski definition) is 5. The van der Waals surface area contributed by atoms with Crippen molar-refractivity contribution in [3.63, 3.8) is 0 Å². The highest BCUT2D eigenvalue weighted by Crippen LogP contribution is 2.42. The third-order valence-corrected chi connectivity index (χ3v) is 6.73. The molecule has 3 aromatic carbocycles. The van der Waals surface area contributed by atoms with Crippen LogP contribution < -0.4 is 11.2 Å². The quantitative estimate of drug-likeness (QED) is 0.230. The normalized spacial score (nSPS) is 11.9. The number of rotatable bonds is 4. The van der Waals surface area contributed by atoms with E-state index in [2.05, 4.69) is 0 Å². The molecule has 2 heterocycles. The molecule has 0 spiro atoms. The van der Waals surface area contributed by atoms with Crippen LogP contribution in [0.25, 0.3) is 21.9 Å². The Kier molecular flexibility index (Phi) is 5.83. The molecule has 0 bridgehead atoms. The van der Waals surface area contributed by atoms with Crippen LogP contribution in [0.3, 0.4) is 0 Å². The lowest BCUT2D eigenvalue weighted by atomic mass is 10.1. The van der Waals surface area contributed by atoms with Crippen molar-refractivity contribution < 1.29 is 27.1 Å². The summed E-state index contributed by atoms with van der Waals surface area (Å²) in [4.78, 5) is 25.5. The topological polar surface area (TPSA) is 72.4 Å². The SMILES string of the molecule is O=c1oc2c(c(O)c1Sc1ccccc1C(F)(F)F)c(=O)n(Cc1cccc(F)c1)c1ccccc21. The summed E-state index contributed by atoms with van der Waals surface area (Å²) >= 11 is 0.361. The van der Waals surface area contributed by atoms with Crippen molar-refractivity contribution in [3.8, 4) is 5.75 Å². The summed E-state index contributed by atoms with van der Waals surface area (Å²) in [5.41, 5.74) is -2.20. The Morgan fingerprint density at radius 2 is 1.67 bits per heavy atom. The van der Waals surface area contributed by atoms with E-state index in [-0.39, 0.29) is 22.4 Å². The summed E-state index contributed by atoms with van der Waals surface area (Å²) in [6.07, 6.45) is -4.70. The molecule has 2 aromatic heterocycles. The number of alkyl halides is 3. The maximum atomic E-state index is 13.8. The predicted molar refractivity (Wildman–Crippen MR) is 127 cm³/mol. The van der Waals surface area contributed by atoms with E-state index < -0.39 is 39.4 Å². The molecule has 0 amide bonds. The summed E-state index contributed by atoms with van der Waals surface area (Å²) in [7, 11) is 0. The molecule has 0 atom stereocenters. The molecule has 0 fully saturated rings. The standard InChI is InChI=1S/C26H15F4NO4S/c27-15-7-5-6-14(12-15)13-31-18-10-3-1-8-16(18)22-20(24(31)33)21(32)23(25(34)35-22)36-19-11-4-2-9-17(19)26(28,29)30/h1-12,32H,13H2. The number of halogens is 4. The molecule has 182 valence electrons. The lowest BCUT2D eigenvalue weighted by Gasteiger charge is -2.15. The van der Waals surface area contributed by atoms with Gasteiger partial charge in [0.1, 0.15) is 16.1 Å². The molecule has 0 saturated carbocycles. The third kappa shape index (κ3) is 4.13. The van der Waals surface area contributed by atoms with Crippen LogP contribution in [-0.2, 0) is 12.7 Å². The van der Waals surface area contributed by atoms with Gasteiger partial charge in [-0.05, 0) is 42.0 Å². The van der Waals surface area contributed by atoms with Crippen molar-refractivity contribution in [1.82, 2.24) is 4.57 Å². The Morgan fingerprint density at radius 3 is 2.42 bits per heavy atom. The van der Waals surface area contributed by atoms with Gasteiger partial charge in [0.15, 0.2) is 11.3 Å². The summed E-state index contributed by atoms with van der Waals surface area (Å²) in [5, 5.41) is 11.0. The Morgan fingerprint density at radius 1 is 0.944 bits per heavy atom. The van der Waals surface area contributed by atoms with Gasteiger partial charge in [0.25, 0.3) is 5.56 Å². The van der Waals surface area contributed by atoms with Crippen molar-refractivity contribution in [1.29, 1.82) is 0 Å². The average Bonchev–Trinajstić information content (AvgIpc) is 2.84. The number of aromatic hydroxyl groups is 1. The zero-order valence-electron chi connectivity index (χ0n) is 18.2. The average molecular weight is 513 g/mol. The number of para-hydroxylation sites is 1. The second-order valence-corrected chi connectivity index (χ2v) is 8.96. The molecule has 5 aromatic rings. The first kappa shape index (κ1) is 23.7. The minimum absolute atomic E-state index is 0.0645. The first-order valence-corrected chi connectivity index (χ1v) is 11.4. The van der Waals surface area contributed by atoms with E-state index >= 15 is 0 Å². The number of aromatic nitrogens is 1. The Labute approximate surface area is 204 Å². The van der Waals surface area contributed by atoms with Gasteiger partial charge in [-0.3, -0.25) is 4.79 Å². The largest absolute Gasteiger partial charge is 0.505 e. The molecular weight excluding hydrogens is 498 g/mol. The molecule has 0 unspecified atom stereocenters. The molecule has 0 aliphatic heterocycles. The van der Waals surface area contributed by atoms with Gasteiger partial charge in [0.2, 0.25) is 0 Å². The van der Waals surface area contributed by atoms with E-state index in [4.69, 9.17) is 4.42 Å². The second-order valence-electron chi connectivity index (χ2n) is 7.91. The summed E-state index contributed by atoms with van der Waals surface area (Å²) in [6.45, 7) is -0.0645. The van der Waals surface area contributed by atoms with E-state index in [0.29, 0.717) is 28.2 Å².